The molecule has 254 valence electrons. The topological polar surface area (TPSA) is 180 Å². The summed E-state index contributed by atoms with van der Waals surface area (Å²) in [5.41, 5.74) is 6.28. The Hall–Kier alpha value is -2.50. The number of rotatable bonds is 20. The third-order valence-corrected chi connectivity index (χ3v) is 8.58. The zero-order chi connectivity index (χ0) is 34.3. The molecule has 1 amide bonds. The van der Waals surface area contributed by atoms with Crippen LogP contribution in [0.25, 0.3) is 0 Å². The molecule has 0 unspecified atom stereocenters. The Morgan fingerprint density at radius 1 is 0.818 bits per heavy atom. The van der Waals surface area contributed by atoms with Gasteiger partial charge in [0.15, 0.2) is 0 Å². The van der Waals surface area contributed by atoms with E-state index in [0.29, 0.717) is 6.42 Å². The Morgan fingerprint density at radius 2 is 1.41 bits per heavy atom. The fourth-order valence-electron chi connectivity index (χ4n) is 5.59. The molecule has 0 saturated heterocycles. The molecule has 0 aromatic rings. The van der Waals surface area contributed by atoms with Crippen molar-refractivity contribution in [2.45, 2.75) is 105 Å². The lowest BCUT2D eigenvalue weighted by atomic mass is 9.81. The van der Waals surface area contributed by atoms with Gasteiger partial charge >= 0.3 is 12.1 Å². The monoisotopic (exact) mass is 625 g/mol. The van der Waals surface area contributed by atoms with Crippen molar-refractivity contribution in [1.82, 2.24) is 0 Å². The minimum atomic E-state index is -1.13. The van der Waals surface area contributed by atoms with Crippen LogP contribution in [0, 0.1) is 41.4 Å². The lowest BCUT2D eigenvalue weighted by Crippen LogP contribution is -2.41. The third kappa shape index (κ3) is 14.1. The molecule has 0 radical (unpaired) electrons. The van der Waals surface area contributed by atoms with Gasteiger partial charge in [0.1, 0.15) is 6.10 Å². The minimum Gasteiger partial charge on any atom is -0.469 e. The average molecular weight is 626 g/mol. The van der Waals surface area contributed by atoms with Gasteiger partial charge in [-0.1, -0.05) is 90.2 Å². The van der Waals surface area contributed by atoms with Gasteiger partial charge in [-0.25, -0.2) is 4.79 Å². The van der Waals surface area contributed by atoms with E-state index in [4.69, 9.17) is 10.5 Å². The van der Waals surface area contributed by atoms with E-state index in [-0.39, 0.29) is 30.1 Å². The molecule has 0 aliphatic heterocycles. The van der Waals surface area contributed by atoms with E-state index in [9.17, 15) is 35.1 Å². The molecule has 0 heterocycles. The van der Waals surface area contributed by atoms with Crippen LogP contribution in [-0.4, -0.2) is 81.3 Å². The van der Waals surface area contributed by atoms with Crippen molar-refractivity contribution in [1.29, 1.82) is 0 Å². The van der Waals surface area contributed by atoms with E-state index in [1.165, 1.54) is 20.1 Å². The van der Waals surface area contributed by atoms with Crippen molar-refractivity contribution in [3.05, 3.63) is 48.6 Å². The molecule has 0 aromatic heterocycles. The molecule has 0 aliphatic carbocycles. The molecule has 44 heavy (non-hydrogen) atoms. The summed E-state index contributed by atoms with van der Waals surface area (Å²) < 4.78 is 10.0. The van der Waals surface area contributed by atoms with Gasteiger partial charge in [-0.2, -0.15) is 0 Å². The van der Waals surface area contributed by atoms with E-state index in [2.05, 4.69) is 11.3 Å². The summed E-state index contributed by atoms with van der Waals surface area (Å²) in [7, 11) is 1.23. The maximum atomic E-state index is 11.7. The standard InChI is InChI=1S/C34H59NO9/c1-11-12-13-21(4)32(44-34(35)42)25(8)30(39)23(6)17-19(2)16-22(5)29(38)20(3)14-15-27(36)18-28(37)24(7)31(40)26(9)33(41)43-10/h11-16,20-32,36-40H,1,17-18H2,2-10H3,(H2,35,42)/b13-12-,15-14-,19-16-/t20-,21-,22-,23-,24-,25-,26+,27+,28-,29-,30+,31-,32-/m0/s1. The number of hydrogen-bond acceptors (Lipinski definition) is 9. The normalized spacial score (nSPS) is 21.6. The zero-order valence-electron chi connectivity index (χ0n) is 28.0. The van der Waals surface area contributed by atoms with Crippen LogP contribution in [0.1, 0.15) is 68.2 Å². The van der Waals surface area contributed by atoms with Crippen LogP contribution in [0.3, 0.4) is 0 Å². The van der Waals surface area contributed by atoms with Gasteiger partial charge in [-0.15, -0.1) is 0 Å². The van der Waals surface area contributed by atoms with Gasteiger partial charge in [0.25, 0.3) is 0 Å². The molecule has 10 nitrogen and oxygen atoms in total. The third-order valence-electron chi connectivity index (χ3n) is 8.58. The highest BCUT2D eigenvalue weighted by Crippen LogP contribution is 2.29. The summed E-state index contributed by atoms with van der Waals surface area (Å²) in [6, 6.07) is 0. The van der Waals surface area contributed by atoms with Gasteiger partial charge < -0.3 is 40.7 Å². The predicted molar refractivity (Wildman–Crippen MR) is 172 cm³/mol. The van der Waals surface area contributed by atoms with Gasteiger partial charge in [0.05, 0.1) is 43.5 Å². The number of primary amides is 1. The second kappa shape index (κ2) is 20.5. The highest BCUT2D eigenvalue weighted by atomic mass is 16.6. The smallest absolute Gasteiger partial charge is 0.404 e. The van der Waals surface area contributed by atoms with Gasteiger partial charge in [0.2, 0.25) is 0 Å². The average Bonchev–Trinajstić information content (AvgIpc) is 2.97. The van der Waals surface area contributed by atoms with E-state index in [0.717, 1.165) is 5.57 Å². The number of amides is 1. The Kier molecular flexibility index (Phi) is 19.3. The van der Waals surface area contributed by atoms with Crippen molar-refractivity contribution in [3.63, 3.8) is 0 Å². The molecule has 0 aromatic carbocycles. The maximum absolute atomic E-state index is 11.7. The van der Waals surface area contributed by atoms with Crippen molar-refractivity contribution in [3.8, 4) is 0 Å². The molecular formula is C34H59NO9. The van der Waals surface area contributed by atoms with Crippen LogP contribution in [-0.2, 0) is 14.3 Å². The first kappa shape index (κ1) is 41.5. The van der Waals surface area contributed by atoms with Crippen molar-refractivity contribution in [2.24, 2.45) is 47.2 Å². The molecule has 0 saturated carbocycles. The molecule has 0 rings (SSSR count). The predicted octanol–water partition coefficient (Wildman–Crippen LogP) is 3.91. The van der Waals surface area contributed by atoms with Crippen LogP contribution in [0.15, 0.2) is 48.6 Å². The highest BCUT2D eigenvalue weighted by Gasteiger charge is 2.34. The van der Waals surface area contributed by atoms with Crippen molar-refractivity contribution < 1.29 is 44.6 Å². The number of nitrogens with two attached hydrogens (primary N) is 1. The van der Waals surface area contributed by atoms with Gasteiger partial charge in [0, 0.05) is 36.0 Å². The second-order valence-corrected chi connectivity index (χ2v) is 12.6. The first-order valence-corrected chi connectivity index (χ1v) is 15.5. The van der Waals surface area contributed by atoms with Crippen molar-refractivity contribution >= 4 is 12.1 Å². The molecule has 0 bridgehead atoms. The largest absolute Gasteiger partial charge is 0.469 e. The molecular weight excluding hydrogens is 566 g/mol. The van der Waals surface area contributed by atoms with Crippen LogP contribution in [0.2, 0.25) is 0 Å². The fraction of sp³-hybridized carbons (Fsp3) is 0.706. The van der Waals surface area contributed by atoms with Crippen molar-refractivity contribution in [2.75, 3.05) is 7.11 Å². The Labute approximate surface area is 264 Å². The minimum absolute atomic E-state index is 0.0483. The molecule has 10 heteroatoms. The number of carbonyl (C=O) groups is 2. The van der Waals surface area contributed by atoms with Crippen LogP contribution < -0.4 is 5.73 Å². The number of hydrogen-bond donors (Lipinski definition) is 6. The number of methoxy groups -OCH3 is 1. The summed E-state index contributed by atoms with van der Waals surface area (Å²) in [5.74, 6) is -3.37. The number of carbonyl (C=O) groups excluding carboxylic acids is 2. The summed E-state index contributed by atoms with van der Waals surface area (Å²) in [4.78, 5) is 23.2. The maximum Gasteiger partial charge on any atom is 0.404 e. The Morgan fingerprint density at radius 3 is 1.93 bits per heavy atom. The number of ether oxygens (including phenoxy) is 2. The lowest BCUT2D eigenvalue weighted by Gasteiger charge is -2.33. The van der Waals surface area contributed by atoms with E-state index in [1.807, 2.05) is 53.7 Å². The zero-order valence-corrected chi connectivity index (χ0v) is 28.0. The summed E-state index contributed by atoms with van der Waals surface area (Å²) in [5, 5.41) is 53.3. The molecule has 0 spiro atoms. The molecule has 13 atom stereocenters. The Bertz CT molecular complexity index is 964. The van der Waals surface area contributed by atoms with E-state index < -0.39 is 66.4 Å². The molecule has 7 N–H and O–H groups in total. The van der Waals surface area contributed by atoms with Gasteiger partial charge in [-0.3, -0.25) is 4.79 Å². The fourth-order valence-corrected chi connectivity index (χ4v) is 5.59. The van der Waals surface area contributed by atoms with E-state index >= 15 is 0 Å². The highest BCUT2D eigenvalue weighted by molar-refractivity contribution is 5.72. The van der Waals surface area contributed by atoms with Gasteiger partial charge in [-0.05, 0) is 26.2 Å². The molecule has 0 aliphatic rings. The van der Waals surface area contributed by atoms with Crippen LogP contribution in [0.4, 0.5) is 4.79 Å². The first-order valence-electron chi connectivity index (χ1n) is 15.5. The number of aliphatic hydroxyl groups is 5. The second-order valence-electron chi connectivity index (χ2n) is 12.6. The number of allylic oxidation sites excluding steroid dienone is 3. The summed E-state index contributed by atoms with van der Waals surface area (Å²) in [6.45, 7) is 18.0. The summed E-state index contributed by atoms with van der Waals surface area (Å²) >= 11 is 0. The quantitative estimate of drug-likeness (QED) is 0.0664. The SMILES string of the molecule is C=C/C=C\[C@H](C)[C@H](OC(N)=O)[C@@H](C)[C@H](O)[C@@H](C)C/C(C)=C\[C@H](C)[C@@H](O)[C@@H](C)/C=C\[C@@H](O)C[C@H](O)[C@H](C)[C@H](O)[C@@H](C)C(=O)OC. The number of aliphatic hydroxyl groups excluding tert-OH is 5. The Balaban J connectivity index is 5.22. The van der Waals surface area contributed by atoms with Crippen LogP contribution >= 0.6 is 0 Å². The van der Waals surface area contributed by atoms with Crippen LogP contribution in [0.5, 0.6) is 0 Å². The lowest BCUT2D eigenvalue weighted by molar-refractivity contribution is -0.151. The molecule has 0 fully saturated rings. The van der Waals surface area contributed by atoms with E-state index in [1.54, 1.807) is 25.2 Å². The number of esters is 1. The first-order chi connectivity index (χ1) is 20.4. The summed E-state index contributed by atoms with van der Waals surface area (Å²) in [6.07, 6.45) is 4.62.